The summed E-state index contributed by atoms with van der Waals surface area (Å²) >= 11 is 21.3. The summed E-state index contributed by atoms with van der Waals surface area (Å²) in [5.41, 5.74) is 0.409. The average molecular weight is 391 g/mol. The Kier molecular flexibility index (Phi) is 4.15. The molecule has 0 aliphatic heterocycles. The number of hydrogen-bond acceptors (Lipinski definition) is 2. The van der Waals surface area contributed by atoms with Crippen molar-refractivity contribution >= 4 is 72.6 Å². The van der Waals surface area contributed by atoms with Crippen molar-refractivity contribution in [2.45, 2.75) is 6.92 Å². The van der Waals surface area contributed by atoms with Gasteiger partial charge in [-0.3, -0.25) is 0 Å². The van der Waals surface area contributed by atoms with Crippen LogP contribution in [-0.2, 0) is 4.79 Å². The van der Waals surface area contributed by atoms with Gasteiger partial charge in [-0.15, -0.1) is 0 Å². The van der Waals surface area contributed by atoms with Gasteiger partial charge in [0.25, 0.3) is 0 Å². The minimum absolute atomic E-state index is 0.369. The Morgan fingerprint density at radius 2 is 2.11 bits per heavy atom. The van der Waals surface area contributed by atoms with E-state index in [-0.39, 0.29) is 5.52 Å². The van der Waals surface area contributed by atoms with Crippen LogP contribution in [0.4, 0.5) is 0 Å². The van der Waals surface area contributed by atoms with E-state index < -0.39 is 6.19 Å². The van der Waals surface area contributed by atoms with Crippen LogP contribution in [0, 0.1) is 0 Å². The molecule has 1 heterocycles. The number of halogens is 4. The standard InChI is InChI=1S/C10H8BrCl3NO2P/c1-5(16)18(13,14)17-8-4-15-7-3-2-6(11)10(12)9(7)8/h2-4,15,18H,1H3. The third kappa shape index (κ3) is 2.63. The number of aromatic nitrogens is 1. The molecule has 0 atom stereocenters. The van der Waals surface area contributed by atoms with Crippen molar-refractivity contribution in [1.29, 1.82) is 0 Å². The topological polar surface area (TPSA) is 42.1 Å². The van der Waals surface area contributed by atoms with Crippen molar-refractivity contribution in [2.75, 3.05) is 0 Å². The number of carbonyl (C=O) groups is 1. The molecule has 0 fully saturated rings. The summed E-state index contributed by atoms with van der Waals surface area (Å²) in [6, 6.07) is 3.64. The summed E-state index contributed by atoms with van der Waals surface area (Å²) in [6.07, 6.45) is -1.85. The summed E-state index contributed by atoms with van der Waals surface area (Å²) in [6.45, 7) is 1.30. The Morgan fingerprint density at radius 1 is 1.44 bits per heavy atom. The monoisotopic (exact) mass is 389 g/mol. The van der Waals surface area contributed by atoms with Gasteiger partial charge in [-0.2, -0.15) is 0 Å². The van der Waals surface area contributed by atoms with Crippen LogP contribution >= 0.6 is 56.2 Å². The third-order valence-electron chi connectivity index (χ3n) is 2.35. The van der Waals surface area contributed by atoms with Crippen LogP contribution in [0.5, 0.6) is 5.75 Å². The first-order valence-electron chi connectivity index (χ1n) is 4.86. The van der Waals surface area contributed by atoms with Crippen molar-refractivity contribution < 1.29 is 9.32 Å². The van der Waals surface area contributed by atoms with Crippen molar-refractivity contribution in [2.24, 2.45) is 0 Å². The first kappa shape index (κ1) is 14.4. The molecule has 0 aliphatic rings. The fraction of sp³-hybridized carbons (Fsp3) is 0.100. The second-order valence-electron chi connectivity index (χ2n) is 3.61. The number of benzene rings is 1. The Morgan fingerprint density at radius 3 is 2.72 bits per heavy atom. The fourth-order valence-corrected chi connectivity index (χ4v) is 3.09. The van der Waals surface area contributed by atoms with Crippen LogP contribution in [0.25, 0.3) is 10.9 Å². The van der Waals surface area contributed by atoms with Crippen molar-refractivity contribution in [3.63, 3.8) is 0 Å². The zero-order valence-corrected chi connectivity index (χ0v) is 13.9. The Bertz CT molecular complexity index is 629. The molecule has 0 bridgehead atoms. The van der Waals surface area contributed by atoms with E-state index in [1.165, 1.54) is 6.92 Å². The van der Waals surface area contributed by atoms with Crippen LogP contribution in [-0.4, -0.2) is 10.5 Å². The van der Waals surface area contributed by atoms with E-state index in [0.29, 0.717) is 16.2 Å². The molecule has 0 saturated heterocycles. The quantitative estimate of drug-likeness (QED) is 0.704. The second kappa shape index (κ2) is 5.18. The second-order valence-corrected chi connectivity index (χ2v) is 10.6. The predicted molar refractivity (Wildman–Crippen MR) is 82.3 cm³/mol. The number of H-pyrrole nitrogens is 1. The number of rotatable bonds is 3. The van der Waals surface area contributed by atoms with Gasteiger partial charge >= 0.3 is 127 Å². The molecule has 1 aromatic heterocycles. The summed E-state index contributed by atoms with van der Waals surface area (Å²) in [5, 5.41) is 1.12. The molecule has 0 unspecified atom stereocenters. The Balaban J connectivity index is 2.53. The van der Waals surface area contributed by atoms with Gasteiger partial charge in [0.15, 0.2) is 0 Å². The van der Waals surface area contributed by atoms with E-state index in [2.05, 4.69) is 20.9 Å². The van der Waals surface area contributed by atoms with E-state index in [0.717, 1.165) is 9.99 Å². The van der Waals surface area contributed by atoms with Crippen molar-refractivity contribution in [1.82, 2.24) is 4.98 Å². The number of nitrogens with one attached hydrogen (secondary N) is 1. The summed E-state index contributed by atoms with van der Waals surface area (Å²) < 4.78 is 6.16. The van der Waals surface area contributed by atoms with E-state index in [4.69, 9.17) is 38.6 Å². The fourth-order valence-electron chi connectivity index (χ4n) is 1.42. The van der Waals surface area contributed by atoms with E-state index in [1.54, 1.807) is 6.20 Å². The molecule has 0 saturated carbocycles. The molecule has 8 heteroatoms. The first-order valence-corrected chi connectivity index (χ1v) is 9.96. The molecule has 18 heavy (non-hydrogen) atoms. The van der Waals surface area contributed by atoms with Crippen molar-refractivity contribution in [3.05, 3.63) is 27.8 Å². The molecule has 2 rings (SSSR count). The molecular formula is C10H8BrCl3NO2P. The molecule has 2 aromatic rings. The molecule has 1 N–H and O–H groups in total. The van der Waals surface area contributed by atoms with E-state index >= 15 is 0 Å². The van der Waals surface area contributed by atoms with Crippen molar-refractivity contribution in [3.8, 4) is 5.75 Å². The zero-order chi connectivity index (χ0) is 13.5. The van der Waals surface area contributed by atoms with Gasteiger partial charge in [-0.1, -0.05) is 0 Å². The molecule has 1 aromatic carbocycles. The summed E-state index contributed by atoms with van der Waals surface area (Å²) in [5.74, 6) is 0.378. The normalized spacial score (nSPS) is 12.7. The first-order chi connectivity index (χ1) is 8.33. The van der Waals surface area contributed by atoms with Gasteiger partial charge in [0.1, 0.15) is 0 Å². The van der Waals surface area contributed by atoms with E-state index in [9.17, 15) is 4.79 Å². The predicted octanol–water partition coefficient (Wildman–Crippen LogP) is 5.48. The summed E-state index contributed by atoms with van der Waals surface area (Å²) in [4.78, 5) is 14.3. The number of aromatic amines is 1. The van der Waals surface area contributed by atoms with Crippen LogP contribution in [0.1, 0.15) is 6.92 Å². The maximum absolute atomic E-state index is 11.3. The SMILES string of the molecule is CC(=O)[PH](Cl)(Cl)Oc1c[nH]c2ccc(Br)c(Cl)c12. The summed E-state index contributed by atoms with van der Waals surface area (Å²) in [7, 11) is 0. The molecule has 0 spiro atoms. The molecule has 3 nitrogen and oxygen atoms in total. The number of carbonyl (C=O) groups excluding carboxylic acids is 1. The molecular weight excluding hydrogens is 383 g/mol. The Hall–Kier alpha value is 0.01000. The minimum atomic E-state index is -3.43. The Labute approximate surface area is 127 Å². The van der Waals surface area contributed by atoms with Gasteiger partial charge in [0.2, 0.25) is 0 Å². The van der Waals surface area contributed by atoms with Gasteiger partial charge < -0.3 is 0 Å². The number of hydrogen-bond donors (Lipinski definition) is 1. The zero-order valence-electron chi connectivity index (χ0n) is 9.06. The average Bonchev–Trinajstić information content (AvgIpc) is 2.66. The molecule has 0 aliphatic carbocycles. The van der Waals surface area contributed by atoms with E-state index in [1.807, 2.05) is 12.1 Å². The maximum atomic E-state index is 11.3. The van der Waals surface area contributed by atoms with Gasteiger partial charge in [0, 0.05) is 0 Å². The molecule has 98 valence electrons. The van der Waals surface area contributed by atoms with Gasteiger partial charge in [-0.25, -0.2) is 0 Å². The third-order valence-corrected chi connectivity index (χ3v) is 6.99. The molecule has 0 radical (unpaired) electrons. The van der Waals surface area contributed by atoms with Gasteiger partial charge in [-0.05, 0) is 0 Å². The van der Waals surface area contributed by atoms with Crippen LogP contribution in [0.15, 0.2) is 22.8 Å². The van der Waals surface area contributed by atoms with Gasteiger partial charge in [0.05, 0.1) is 0 Å². The van der Waals surface area contributed by atoms with Crippen LogP contribution in [0.2, 0.25) is 5.02 Å². The number of fused-ring (bicyclic) bond motifs is 1. The van der Waals surface area contributed by atoms with Crippen LogP contribution in [0.3, 0.4) is 0 Å². The molecule has 0 amide bonds. The van der Waals surface area contributed by atoms with Crippen LogP contribution < -0.4 is 4.52 Å².